The average Bonchev–Trinajstić information content (AvgIpc) is 2.92. The SMILES string of the molecule is C=C[C@@](C)(CCC=C(C)C)O[Se][C]1[CH][CH][CH][C]1[C@H](C)N(C)C. The van der Waals surface area contributed by atoms with Gasteiger partial charge in [-0.05, 0) is 0 Å². The first-order valence-corrected chi connectivity index (χ1v) is 9.39. The first-order chi connectivity index (χ1) is 10.3. The fourth-order valence-corrected chi connectivity index (χ4v) is 3.97. The predicted molar refractivity (Wildman–Crippen MR) is 96.6 cm³/mol. The van der Waals surface area contributed by atoms with Crippen LogP contribution in [0.25, 0.3) is 0 Å². The number of allylic oxidation sites excluding steroid dienone is 2. The van der Waals surface area contributed by atoms with Gasteiger partial charge in [0.05, 0.1) is 0 Å². The van der Waals surface area contributed by atoms with Crippen LogP contribution in [0.4, 0.5) is 0 Å². The van der Waals surface area contributed by atoms with Gasteiger partial charge in [0, 0.05) is 0 Å². The summed E-state index contributed by atoms with van der Waals surface area (Å²) in [5.74, 6) is 1.38. The van der Waals surface area contributed by atoms with Gasteiger partial charge in [0.2, 0.25) is 0 Å². The summed E-state index contributed by atoms with van der Waals surface area (Å²) in [7, 11) is 4.23. The van der Waals surface area contributed by atoms with E-state index in [0.717, 1.165) is 12.8 Å². The summed E-state index contributed by atoms with van der Waals surface area (Å²) in [6.45, 7) is 12.6. The van der Waals surface area contributed by atoms with Crippen molar-refractivity contribution in [1.29, 1.82) is 0 Å². The van der Waals surface area contributed by atoms with E-state index in [-0.39, 0.29) is 20.9 Å². The fraction of sp³-hybridized carbons (Fsp3) is 0.526. The maximum atomic E-state index is 6.27. The van der Waals surface area contributed by atoms with Crippen LogP contribution in [0.15, 0.2) is 24.3 Å². The second-order valence-electron chi connectivity index (χ2n) is 6.49. The Balaban J connectivity index is 2.54. The Hall–Kier alpha value is -0.0805. The minimum atomic E-state index is -0.248. The molecule has 0 spiro atoms. The summed E-state index contributed by atoms with van der Waals surface area (Å²) in [6, 6.07) is 0.413. The summed E-state index contributed by atoms with van der Waals surface area (Å²) < 4.78 is 6.27. The van der Waals surface area contributed by atoms with Crippen molar-refractivity contribution in [3.63, 3.8) is 0 Å². The van der Waals surface area contributed by atoms with Gasteiger partial charge < -0.3 is 0 Å². The zero-order valence-corrected chi connectivity index (χ0v) is 16.6. The fourth-order valence-electron chi connectivity index (χ4n) is 2.08. The van der Waals surface area contributed by atoms with Crippen LogP contribution < -0.4 is 0 Å². The molecule has 0 aromatic carbocycles. The molecular weight excluding hydrogens is 337 g/mol. The first-order valence-electron chi connectivity index (χ1n) is 7.83. The molecule has 0 saturated heterocycles. The third-order valence-electron chi connectivity index (χ3n) is 3.98. The van der Waals surface area contributed by atoms with Gasteiger partial charge in [0.1, 0.15) is 0 Å². The molecule has 0 N–H and O–H groups in total. The normalized spacial score (nSPS) is 20.9. The molecule has 5 radical (unpaired) electrons. The summed E-state index contributed by atoms with van der Waals surface area (Å²) in [5, 5.41) is 0. The molecule has 22 heavy (non-hydrogen) atoms. The van der Waals surface area contributed by atoms with E-state index in [1.54, 1.807) is 0 Å². The number of nitrogens with zero attached hydrogens (tertiary/aromatic N) is 1. The van der Waals surface area contributed by atoms with Crippen LogP contribution in [0, 0.1) is 30.0 Å². The molecule has 0 unspecified atom stereocenters. The molecule has 0 aromatic heterocycles. The maximum absolute atomic E-state index is 6.27. The molecule has 0 bridgehead atoms. The van der Waals surface area contributed by atoms with Gasteiger partial charge in [-0.2, -0.15) is 0 Å². The monoisotopic (exact) mass is 368 g/mol. The first kappa shape index (κ1) is 20.0. The predicted octanol–water partition coefficient (Wildman–Crippen LogP) is 4.00. The molecule has 3 heteroatoms. The van der Waals surface area contributed by atoms with Crippen molar-refractivity contribution in [2.75, 3.05) is 14.1 Å². The van der Waals surface area contributed by atoms with E-state index in [1.807, 2.05) is 6.08 Å². The van der Waals surface area contributed by atoms with Gasteiger partial charge >= 0.3 is 145 Å². The van der Waals surface area contributed by atoms with E-state index < -0.39 is 0 Å². The zero-order valence-electron chi connectivity index (χ0n) is 14.8. The summed E-state index contributed by atoms with van der Waals surface area (Å²) in [4.78, 5) is 3.57. The Bertz CT molecular complexity index is 376. The van der Waals surface area contributed by atoms with E-state index in [9.17, 15) is 0 Å². The Kier molecular flexibility index (Phi) is 8.41. The van der Waals surface area contributed by atoms with Crippen molar-refractivity contribution < 1.29 is 3.82 Å². The third-order valence-corrected chi connectivity index (χ3v) is 6.11. The van der Waals surface area contributed by atoms with Crippen molar-refractivity contribution in [2.24, 2.45) is 0 Å². The number of hydrogen-bond acceptors (Lipinski definition) is 2. The molecule has 1 fully saturated rings. The molecular formula is C19H30NOSe. The molecule has 0 aliphatic heterocycles. The van der Waals surface area contributed by atoms with Gasteiger partial charge in [-0.25, -0.2) is 0 Å². The van der Waals surface area contributed by atoms with Crippen LogP contribution in [0.3, 0.4) is 0 Å². The van der Waals surface area contributed by atoms with Gasteiger partial charge in [-0.15, -0.1) is 0 Å². The van der Waals surface area contributed by atoms with Crippen LogP contribution in [-0.4, -0.2) is 45.9 Å². The van der Waals surface area contributed by atoms with Crippen molar-refractivity contribution >= 4 is 15.3 Å². The molecule has 2 nitrogen and oxygen atoms in total. The quantitative estimate of drug-likeness (QED) is 0.451. The summed E-state index contributed by atoms with van der Waals surface area (Å²) in [6.07, 6.45) is 12.7. The Labute approximate surface area is 144 Å². The van der Waals surface area contributed by atoms with Gasteiger partial charge in [-0.1, -0.05) is 0 Å². The van der Waals surface area contributed by atoms with Crippen molar-refractivity contribution in [1.82, 2.24) is 4.90 Å². The molecule has 0 amide bonds. The molecule has 2 atom stereocenters. The standard InChI is InChI=1S/C19H30NOSe/c1-8-19(5,14-10-11-15(2)3)21-22-18-13-9-12-17(18)16(4)20(6)7/h8-9,11-13,16H,1,10,14H2,2-7H3/t16-,19-/m0/s1. The number of hydrogen-bond donors (Lipinski definition) is 0. The number of rotatable bonds is 9. The molecule has 0 heterocycles. The zero-order chi connectivity index (χ0) is 16.8. The molecule has 1 aliphatic rings. The van der Waals surface area contributed by atoms with E-state index in [1.165, 1.54) is 16.3 Å². The van der Waals surface area contributed by atoms with Gasteiger partial charge in [0.25, 0.3) is 0 Å². The van der Waals surface area contributed by atoms with Crippen LogP contribution in [0.2, 0.25) is 0 Å². The Morgan fingerprint density at radius 1 is 1.41 bits per heavy atom. The molecule has 0 aromatic rings. The van der Waals surface area contributed by atoms with Crippen LogP contribution in [-0.2, 0) is 3.82 Å². The van der Waals surface area contributed by atoms with E-state index in [2.05, 4.69) is 78.6 Å². The van der Waals surface area contributed by atoms with Crippen molar-refractivity contribution in [3.8, 4) is 0 Å². The molecule has 1 saturated carbocycles. The van der Waals surface area contributed by atoms with Crippen LogP contribution in [0.1, 0.15) is 40.5 Å². The van der Waals surface area contributed by atoms with Crippen molar-refractivity contribution in [2.45, 2.75) is 52.2 Å². The Morgan fingerprint density at radius 3 is 2.64 bits per heavy atom. The molecule has 1 aliphatic carbocycles. The summed E-state index contributed by atoms with van der Waals surface area (Å²) in [5.41, 5.74) is 1.11. The van der Waals surface area contributed by atoms with E-state index in [4.69, 9.17) is 3.82 Å². The second kappa shape index (κ2) is 9.27. The van der Waals surface area contributed by atoms with Gasteiger partial charge in [0.15, 0.2) is 0 Å². The topological polar surface area (TPSA) is 12.5 Å². The van der Waals surface area contributed by atoms with Gasteiger partial charge in [-0.3, -0.25) is 0 Å². The molecule has 1 rings (SSSR count). The average molecular weight is 367 g/mol. The summed E-state index contributed by atoms with van der Waals surface area (Å²) >= 11 is 0.0109. The van der Waals surface area contributed by atoms with E-state index >= 15 is 0 Å². The van der Waals surface area contributed by atoms with E-state index in [0.29, 0.717) is 6.04 Å². The third kappa shape index (κ3) is 6.20. The molecule has 123 valence electrons. The van der Waals surface area contributed by atoms with Crippen LogP contribution in [0.5, 0.6) is 0 Å². The van der Waals surface area contributed by atoms with Crippen LogP contribution >= 0.6 is 0 Å². The van der Waals surface area contributed by atoms with Crippen molar-refractivity contribution in [3.05, 3.63) is 54.3 Å². The second-order valence-corrected chi connectivity index (χ2v) is 8.11. The minimum absolute atomic E-state index is 0.0109. The Morgan fingerprint density at radius 2 is 2.09 bits per heavy atom.